The largest absolute Gasteiger partial charge is 0.496 e. The average Bonchev–Trinajstić information content (AvgIpc) is 3.76. The smallest absolute Gasteiger partial charge is 0.357 e. The highest BCUT2D eigenvalue weighted by molar-refractivity contribution is 7.15. The summed E-state index contributed by atoms with van der Waals surface area (Å²) in [5.74, 6) is -2.49. The van der Waals surface area contributed by atoms with Crippen LogP contribution < -0.4 is 20.7 Å². The highest BCUT2D eigenvalue weighted by atomic mass is 32.1. The number of nitrogens with one attached hydrogen (secondary N) is 4. The summed E-state index contributed by atoms with van der Waals surface area (Å²) in [6.07, 6.45) is 4.64. The lowest BCUT2D eigenvalue weighted by atomic mass is 9.90. The Balaban J connectivity index is 1.31. The lowest BCUT2D eigenvalue weighted by Crippen LogP contribution is -2.54. The number of imidazole rings is 1. The minimum Gasteiger partial charge on any atom is -0.496 e. The predicted molar refractivity (Wildman–Crippen MR) is 166 cm³/mol. The Morgan fingerprint density at radius 2 is 2.00 bits per heavy atom. The van der Waals surface area contributed by atoms with E-state index in [9.17, 15) is 24.0 Å². The number of amides is 3. The Bertz CT molecular complexity index is 1720. The van der Waals surface area contributed by atoms with Gasteiger partial charge in [-0.3, -0.25) is 23.6 Å². The molecule has 238 valence electrons. The first kappa shape index (κ1) is 31.7. The van der Waals surface area contributed by atoms with E-state index in [0.717, 1.165) is 11.8 Å². The Morgan fingerprint density at radius 1 is 1.18 bits per heavy atom. The van der Waals surface area contributed by atoms with Gasteiger partial charge in [0.15, 0.2) is 23.0 Å². The van der Waals surface area contributed by atoms with Gasteiger partial charge in [0.25, 0.3) is 5.91 Å². The molecule has 0 bridgehead atoms. The van der Waals surface area contributed by atoms with Crippen LogP contribution in [0.15, 0.2) is 42.0 Å². The van der Waals surface area contributed by atoms with E-state index < -0.39 is 48.2 Å². The van der Waals surface area contributed by atoms with E-state index in [1.54, 1.807) is 41.3 Å². The fourth-order valence-electron chi connectivity index (χ4n) is 5.44. The molecule has 0 saturated carbocycles. The molecule has 1 fully saturated rings. The first-order valence-corrected chi connectivity index (χ1v) is 15.7. The number of carbonyl (C=O) groups is 5. The average molecular weight is 637 g/mol. The number of hydrogen-bond donors (Lipinski definition) is 4. The number of methoxy groups -OCH3 is 1. The van der Waals surface area contributed by atoms with Gasteiger partial charge < -0.3 is 30.4 Å². The molecule has 3 atom stereocenters. The molecule has 5 rings (SSSR count). The molecule has 1 saturated heterocycles. The molecule has 3 aromatic heterocycles. The second-order valence-corrected chi connectivity index (χ2v) is 12.3. The number of esters is 1. The van der Waals surface area contributed by atoms with Crippen LogP contribution in [0.2, 0.25) is 0 Å². The molecule has 45 heavy (non-hydrogen) atoms. The zero-order valence-corrected chi connectivity index (χ0v) is 26.1. The lowest BCUT2D eigenvalue weighted by Gasteiger charge is -2.28. The second-order valence-electron chi connectivity index (χ2n) is 11.4. The highest BCUT2D eigenvalue weighted by Gasteiger charge is 2.33. The van der Waals surface area contributed by atoms with Crippen LogP contribution in [-0.2, 0) is 19.1 Å². The minimum atomic E-state index is -1.13. The van der Waals surface area contributed by atoms with Crippen LogP contribution in [0.1, 0.15) is 60.5 Å². The first-order chi connectivity index (χ1) is 21.6. The molecular weight excluding hydrogens is 600 g/mol. The van der Waals surface area contributed by atoms with Gasteiger partial charge in [0.2, 0.25) is 11.8 Å². The SMILES string of the molecule is COc1cccc2[nH]c(C(=O)N[C@@H](CC(C)C)C(=O)N[C@@H](C[C@@H]3CCCNC3=O)C(=O)COC(=O)c3cnc4sccn34)cc12. The summed E-state index contributed by atoms with van der Waals surface area (Å²) in [5, 5.41) is 10.8. The van der Waals surface area contributed by atoms with E-state index >= 15 is 0 Å². The Morgan fingerprint density at radius 3 is 2.76 bits per heavy atom. The number of fused-ring (bicyclic) bond motifs is 2. The number of Topliss-reactive ketones (excluding diaryl/α,β-unsaturated/α-hetero) is 1. The van der Waals surface area contributed by atoms with Crippen molar-refractivity contribution < 1.29 is 33.4 Å². The summed E-state index contributed by atoms with van der Waals surface area (Å²) < 4.78 is 12.3. The molecule has 3 amide bonds. The van der Waals surface area contributed by atoms with E-state index in [1.807, 2.05) is 19.9 Å². The highest BCUT2D eigenvalue weighted by Crippen LogP contribution is 2.26. The first-order valence-electron chi connectivity index (χ1n) is 14.8. The number of aromatic amines is 1. The van der Waals surface area contributed by atoms with Crippen molar-refractivity contribution >= 4 is 56.7 Å². The van der Waals surface area contributed by atoms with Crippen LogP contribution >= 0.6 is 11.3 Å². The molecule has 4 heterocycles. The van der Waals surface area contributed by atoms with Crippen LogP contribution in [0, 0.1) is 11.8 Å². The number of rotatable bonds is 13. The maximum atomic E-state index is 13.7. The number of thiazole rings is 1. The van der Waals surface area contributed by atoms with Gasteiger partial charge >= 0.3 is 5.97 Å². The van der Waals surface area contributed by atoms with Gasteiger partial charge in [0.05, 0.1) is 19.3 Å². The van der Waals surface area contributed by atoms with Gasteiger partial charge in [-0.05, 0) is 49.8 Å². The van der Waals surface area contributed by atoms with Gasteiger partial charge in [0, 0.05) is 34.9 Å². The van der Waals surface area contributed by atoms with Crippen molar-refractivity contribution in [2.45, 2.75) is 51.6 Å². The van der Waals surface area contributed by atoms with Crippen molar-refractivity contribution in [3.8, 4) is 5.75 Å². The van der Waals surface area contributed by atoms with E-state index in [4.69, 9.17) is 9.47 Å². The second kappa shape index (κ2) is 13.9. The molecule has 1 aliphatic rings. The standard InChI is InChI=1S/C31H36N6O7S/c1-17(2)12-22(36-29(41)23-14-19-20(34-23)7-4-8-26(19)43-3)28(40)35-21(13-18-6-5-9-32-27(18)39)25(38)16-44-30(42)24-15-33-31-37(24)10-11-45-31/h4,7-8,10-11,14-15,17-18,21-22,34H,5-6,9,12-13,16H2,1-3H3,(H,32,39)(H,35,40)(H,36,41)/t18-,21-,22-/m0/s1. The summed E-state index contributed by atoms with van der Waals surface area (Å²) in [6, 6.07) is 4.94. The summed E-state index contributed by atoms with van der Waals surface area (Å²) >= 11 is 1.35. The zero-order chi connectivity index (χ0) is 32.1. The van der Waals surface area contributed by atoms with Crippen LogP contribution in [0.4, 0.5) is 0 Å². The summed E-state index contributed by atoms with van der Waals surface area (Å²) in [7, 11) is 1.54. The van der Waals surface area contributed by atoms with Crippen LogP contribution in [-0.4, -0.2) is 76.2 Å². The topological polar surface area (TPSA) is 173 Å². The molecular formula is C31H36N6O7S. The van der Waals surface area contributed by atoms with Gasteiger partial charge in [-0.1, -0.05) is 19.9 Å². The van der Waals surface area contributed by atoms with Crippen LogP contribution in [0.3, 0.4) is 0 Å². The van der Waals surface area contributed by atoms with Gasteiger partial charge in [-0.25, -0.2) is 9.78 Å². The quantitative estimate of drug-likeness (QED) is 0.162. The van der Waals surface area contributed by atoms with Crippen molar-refractivity contribution in [1.29, 1.82) is 0 Å². The summed E-state index contributed by atoms with van der Waals surface area (Å²) in [6.45, 7) is 3.75. The molecule has 0 unspecified atom stereocenters. The number of ether oxygens (including phenoxy) is 2. The Hall–Kier alpha value is -4.72. The van der Waals surface area contributed by atoms with Crippen molar-refractivity contribution in [3.63, 3.8) is 0 Å². The lowest BCUT2D eigenvalue weighted by molar-refractivity contribution is -0.133. The third-order valence-electron chi connectivity index (χ3n) is 7.74. The van der Waals surface area contributed by atoms with E-state index in [1.165, 1.54) is 17.5 Å². The number of nitrogens with zero attached hydrogens (tertiary/aromatic N) is 2. The molecule has 1 aromatic carbocycles. The normalized spacial score (nSPS) is 16.3. The Kier molecular flexibility index (Phi) is 9.81. The van der Waals surface area contributed by atoms with Crippen molar-refractivity contribution in [3.05, 3.63) is 53.4 Å². The van der Waals surface area contributed by atoms with Crippen LogP contribution in [0.5, 0.6) is 5.75 Å². The fraction of sp³-hybridized carbons (Fsp3) is 0.419. The molecule has 1 aliphatic heterocycles. The molecule has 4 aromatic rings. The van der Waals surface area contributed by atoms with Crippen molar-refractivity contribution in [2.75, 3.05) is 20.3 Å². The number of H-pyrrole nitrogens is 1. The van der Waals surface area contributed by atoms with E-state index in [-0.39, 0.29) is 29.6 Å². The van der Waals surface area contributed by atoms with Gasteiger partial charge in [-0.15, -0.1) is 11.3 Å². The molecule has 0 radical (unpaired) electrons. The van der Waals surface area contributed by atoms with Gasteiger partial charge in [0.1, 0.15) is 17.5 Å². The maximum absolute atomic E-state index is 13.7. The zero-order valence-electron chi connectivity index (χ0n) is 25.3. The third-order valence-corrected chi connectivity index (χ3v) is 8.51. The Labute approximate surface area is 263 Å². The number of ketones is 1. The summed E-state index contributed by atoms with van der Waals surface area (Å²) in [5.41, 5.74) is 1.11. The minimum absolute atomic E-state index is 0.0210. The molecule has 13 nitrogen and oxygen atoms in total. The maximum Gasteiger partial charge on any atom is 0.357 e. The third kappa shape index (κ3) is 7.33. The number of hydrogen-bond acceptors (Lipinski definition) is 9. The van der Waals surface area contributed by atoms with Crippen LogP contribution in [0.25, 0.3) is 15.9 Å². The molecule has 0 aliphatic carbocycles. The number of aromatic nitrogens is 3. The molecule has 0 spiro atoms. The monoisotopic (exact) mass is 636 g/mol. The van der Waals surface area contributed by atoms with Gasteiger partial charge in [-0.2, -0.15) is 0 Å². The van der Waals surface area contributed by atoms with E-state index in [2.05, 4.69) is 25.9 Å². The van der Waals surface area contributed by atoms with Crippen molar-refractivity contribution in [1.82, 2.24) is 30.3 Å². The number of benzene rings is 1. The molecule has 14 heteroatoms. The predicted octanol–water partition coefficient (Wildman–Crippen LogP) is 2.86. The molecule has 4 N–H and O–H groups in total. The number of carbonyl (C=O) groups excluding carboxylic acids is 5. The van der Waals surface area contributed by atoms with Crippen molar-refractivity contribution in [2.24, 2.45) is 11.8 Å². The fourth-order valence-corrected chi connectivity index (χ4v) is 6.13. The number of piperidine rings is 1. The summed E-state index contributed by atoms with van der Waals surface area (Å²) in [4.78, 5) is 73.6. The van der Waals surface area contributed by atoms with E-state index in [0.29, 0.717) is 35.6 Å².